The van der Waals surface area contributed by atoms with Crippen LogP contribution in [0.4, 0.5) is 40.1 Å². The number of fused-ring (bicyclic) bond motifs is 4. The van der Waals surface area contributed by atoms with Crippen molar-refractivity contribution < 1.29 is 123 Å². The summed E-state index contributed by atoms with van der Waals surface area (Å²) in [6, 6.07) is 40.9. The molecule has 26 nitrogen and oxygen atoms in total. The summed E-state index contributed by atoms with van der Waals surface area (Å²) < 4.78 is 0. The fourth-order valence-electron chi connectivity index (χ4n) is 10.9. The topological polar surface area (TPSA) is 461 Å². The standard InChI is InChI=1S/C13H9N.4C9H19NO2.C9H7N.2C6H6N2O2.C5H5N.3H2N.3Pt/c1-2-6-11-10(5-1)9-14-13-8-4-3-7-12(11)13;4*1-8(2,3)6-9(4,5)10-7(11)12;1-2-6-9-8(4-1)5-3-7-10-9;2*9-6(10)8-5-2-1-3-7-4-5;1-2-4-6-5-3-1;;;;;;/h1-9H;4*10H,6H2,1-5H3,(H,11,12);1-7H;2*1-4,8H,(H,9,10);1-5H;3*1H2;;;/q;;;;;;;;;3*-1;;;. The van der Waals surface area contributed by atoms with Crippen molar-refractivity contribution in [3.8, 4) is 0 Å². The number of hydrogen-bond acceptors (Lipinski definition) is 11. The van der Waals surface area contributed by atoms with Crippen LogP contribution in [0.1, 0.15) is 164 Å². The van der Waals surface area contributed by atoms with Crippen LogP contribution in [0.5, 0.6) is 0 Å². The molecule has 0 aliphatic carbocycles. The molecule has 5 aromatic heterocycles. The summed E-state index contributed by atoms with van der Waals surface area (Å²) >= 11 is 0. The van der Waals surface area contributed by atoms with E-state index < -0.39 is 36.6 Å². The molecule has 0 atom stereocenters. The Morgan fingerprint density at radius 3 is 0.865 bits per heavy atom. The Morgan fingerprint density at radius 2 is 0.587 bits per heavy atom. The zero-order valence-electron chi connectivity index (χ0n) is 63.6. The molecule has 0 bridgehead atoms. The molecule has 5 heterocycles. The molecule has 8 rings (SSSR count). The number of pyridine rings is 5. The van der Waals surface area contributed by atoms with Crippen molar-refractivity contribution in [1.82, 2.24) is 46.2 Å². The Kier molecular flexibility index (Phi) is 55.3. The molecular weight excluding hydrogens is 1870 g/mol. The second kappa shape index (κ2) is 52.7. The van der Waals surface area contributed by atoms with Crippen LogP contribution in [0.15, 0.2) is 177 Å². The third-order valence-corrected chi connectivity index (χ3v) is 12.1. The molecule has 6 amide bonds. The minimum absolute atomic E-state index is 0. The second-order valence-electron chi connectivity index (χ2n) is 30.1. The molecule has 3 aromatic carbocycles. The Morgan fingerprint density at radius 1 is 0.298 bits per heavy atom. The van der Waals surface area contributed by atoms with Crippen LogP contribution < -0.4 is 31.9 Å². The number of amides is 6. The quantitative estimate of drug-likeness (QED) is 0.0566. The predicted molar refractivity (Wildman–Crippen MR) is 410 cm³/mol. The van der Waals surface area contributed by atoms with Gasteiger partial charge in [0.25, 0.3) is 0 Å². The van der Waals surface area contributed by atoms with E-state index in [9.17, 15) is 28.8 Å². The van der Waals surface area contributed by atoms with Gasteiger partial charge in [-0.2, -0.15) is 0 Å². The second-order valence-corrected chi connectivity index (χ2v) is 30.1. The van der Waals surface area contributed by atoms with Gasteiger partial charge >= 0.3 is 36.6 Å². The largest absolute Gasteiger partial charge is 0.693 e. The number of carboxylic acid groups (broad SMARTS) is 6. The number of nitrogens with two attached hydrogens (primary N) is 3. The number of aromatic nitrogens is 5. The van der Waals surface area contributed by atoms with Crippen LogP contribution in [0.25, 0.3) is 51.0 Å². The van der Waals surface area contributed by atoms with E-state index in [1.807, 2.05) is 128 Å². The summed E-state index contributed by atoms with van der Waals surface area (Å²) in [6.45, 7) is 40.3. The first-order valence-electron chi connectivity index (χ1n) is 31.7. The summed E-state index contributed by atoms with van der Waals surface area (Å²) in [6.07, 6.45) is 10.6. The van der Waals surface area contributed by atoms with Gasteiger partial charge in [-0.05, 0) is 163 Å². The number of carbonyl (C=O) groups is 6. The molecule has 0 unspecified atom stereocenters. The Balaban J connectivity index is -0.000000203. The van der Waals surface area contributed by atoms with E-state index >= 15 is 0 Å². The van der Waals surface area contributed by atoms with E-state index in [4.69, 9.17) is 30.6 Å². The summed E-state index contributed by atoms with van der Waals surface area (Å²) in [4.78, 5) is 81.4. The number of para-hydroxylation sites is 2. The Labute approximate surface area is 658 Å². The smallest absolute Gasteiger partial charge is 0.409 e. The van der Waals surface area contributed by atoms with Crippen LogP contribution in [0.2, 0.25) is 0 Å². The minimum Gasteiger partial charge on any atom is -0.693 e. The van der Waals surface area contributed by atoms with Crippen LogP contribution in [-0.2, 0) is 63.2 Å². The third-order valence-electron chi connectivity index (χ3n) is 12.1. The minimum atomic E-state index is -1.08. The zero-order valence-corrected chi connectivity index (χ0v) is 70.4. The maximum atomic E-state index is 10.4. The van der Waals surface area contributed by atoms with Crippen LogP contribution in [0.3, 0.4) is 0 Å². The summed E-state index contributed by atoms with van der Waals surface area (Å²) in [5.41, 5.74) is 2.29. The number of nitrogens with one attached hydrogen (secondary N) is 6. The van der Waals surface area contributed by atoms with Gasteiger partial charge < -0.3 is 70.4 Å². The van der Waals surface area contributed by atoms with E-state index in [-0.39, 0.29) is 125 Å². The molecule has 0 spiro atoms. The van der Waals surface area contributed by atoms with Gasteiger partial charge in [-0.1, -0.05) is 156 Å². The van der Waals surface area contributed by atoms with Gasteiger partial charge in [0.15, 0.2) is 0 Å². The molecule has 0 saturated carbocycles. The van der Waals surface area contributed by atoms with Crippen molar-refractivity contribution >= 4 is 80.5 Å². The number of nitrogens with zero attached hydrogens (tertiary/aromatic N) is 5. The van der Waals surface area contributed by atoms with Gasteiger partial charge in [0.1, 0.15) is 0 Å². The Hall–Kier alpha value is -8.25. The normalized spacial score (nSPS) is 10.5. The van der Waals surface area contributed by atoms with Gasteiger partial charge in [0, 0.05) is 139 Å². The van der Waals surface area contributed by atoms with Gasteiger partial charge in [0.05, 0.1) is 34.8 Å². The van der Waals surface area contributed by atoms with E-state index in [2.05, 4.69) is 182 Å². The Bertz CT molecular complexity index is 3290. The van der Waals surface area contributed by atoms with Gasteiger partial charge in [-0.15, -0.1) is 0 Å². The number of anilines is 2. The van der Waals surface area contributed by atoms with Crippen LogP contribution in [0, 0.1) is 21.7 Å². The zero-order chi connectivity index (χ0) is 75.2. The van der Waals surface area contributed by atoms with Gasteiger partial charge in [-0.3, -0.25) is 35.6 Å². The molecule has 0 fully saturated rings. The molecule has 8 aromatic rings. The fraction of sp³-hybridized carbons (Fsp3) is 0.427. The SMILES string of the molecule is CC(C)(C)CC(C)(C)NC(=O)O.CC(C)(C)CC(C)(C)NC(=O)O.CC(C)(C)CC(C)(C)NC(=O)O.CC(C)(C)CC(C)(C)NC(=O)O.O=C(O)Nc1cccnc1.O=C(O)Nc1cccnc1.[NH2-].[NH2-].[NH2-].[Pt].[Pt].[Pt].c1ccc2c(c1)cnc1ccccc12.c1ccc2ncccc2c1.c1ccncc1. The first-order chi connectivity index (χ1) is 45.0. The molecule has 104 heavy (non-hydrogen) atoms. The average molecular weight is 1990 g/mol. The van der Waals surface area contributed by atoms with Crippen molar-refractivity contribution in [3.63, 3.8) is 0 Å². The van der Waals surface area contributed by atoms with Crippen LogP contribution in [-0.4, -0.2) is 114 Å². The molecule has 0 radical (unpaired) electrons. The number of hydrogen-bond donors (Lipinski definition) is 12. The molecule has 590 valence electrons. The number of rotatable bonds is 10. The van der Waals surface area contributed by atoms with E-state index in [1.165, 1.54) is 33.9 Å². The first kappa shape index (κ1) is 109. The fourth-order valence-corrected chi connectivity index (χ4v) is 10.9. The molecule has 0 aliphatic rings. The van der Waals surface area contributed by atoms with Crippen molar-refractivity contribution in [2.24, 2.45) is 21.7 Å². The van der Waals surface area contributed by atoms with E-state index in [1.54, 1.807) is 49.1 Å². The number of benzene rings is 3. The third kappa shape index (κ3) is 61.3. The molecule has 0 saturated heterocycles. The van der Waals surface area contributed by atoms with E-state index in [0.717, 1.165) is 36.7 Å². The molecule has 0 aliphatic heterocycles. The van der Waals surface area contributed by atoms with Crippen molar-refractivity contribution in [1.29, 1.82) is 0 Å². The van der Waals surface area contributed by atoms with Crippen molar-refractivity contribution in [2.45, 2.75) is 186 Å². The first-order valence-corrected chi connectivity index (χ1v) is 31.7. The summed E-state index contributed by atoms with van der Waals surface area (Å²) in [5, 5.41) is 69.8. The molecule has 18 N–H and O–H groups in total. The van der Waals surface area contributed by atoms with Crippen molar-refractivity contribution in [2.75, 3.05) is 10.6 Å². The molecule has 29 heteroatoms. The van der Waals surface area contributed by atoms with Crippen LogP contribution >= 0.6 is 0 Å². The maximum Gasteiger partial charge on any atom is 0.409 e. The van der Waals surface area contributed by atoms with Gasteiger partial charge in [-0.25, -0.2) is 28.8 Å². The predicted octanol–water partition coefficient (Wildman–Crippen LogP) is 21.1. The monoisotopic (exact) mass is 1990 g/mol. The summed E-state index contributed by atoms with van der Waals surface area (Å²) in [7, 11) is 0. The molecular formula is C75H115N14O12Pt3-3. The van der Waals surface area contributed by atoms with Gasteiger partial charge in [0.2, 0.25) is 0 Å². The summed E-state index contributed by atoms with van der Waals surface area (Å²) in [5.74, 6) is 0. The average Bonchev–Trinajstić information content (AvgIpc) is 0.799. The van der Waals surface area contributed by atoms with Crippen molar-refractivity contribution in [3.05, 3.63) is 195 Å². The van der Waals surface area contributed by atoms with E-state index in [0.29, 0.717) is 11.4 Å². The maximum absolute atomic E-state index is 10.4.